The maximum atomic E-state index is 13.3. The molecule has 1 saturated heterocycles. The molecule has 1 aromatic heterocycles. The van der Waals surface area contributed by atoms with Crippen molar-refractivity contribution in [3.63, 3.8) is 0 Å². The summed E-state index contributed by atoms with van der Waals surface area (Å²) in [5.74, 6) is -0.262. The van der Waals surface area contributed by atoms with Crippen molar-refractivity contribution in [2.24, 2.45) is 5.92 Å². The summed E-state index contributed by atoms with van der Waals surface area (Å²) in [7, 11) is 0. The van der Waals surface area contributed by atoms with Gasteiger partial charge in [0.1, 0.15) is 0 Å². The molecule has 4 rings (SSSR count). The third-order valence-electron chi connectivity index (χ3n) is 6.27. The van der Waals surface area contributed by atoms with Gasteiger partial charge in [-0.2, -0.15) is 0 Å². The Labute approximate surface area is 170 Å². The highest BCUT2D eigenvalue weighted by Gasteiger charge is 2.37. The fourth-order valence-corrected chi connectivity index (χ4v) is 4.75. The second-order valence-corrected chi connectivity index (χ2v) is 8.00. The topological polar surface area (TPSA) is 85.5 Å². The number of carbonyl (C=O) groups excluding carboxylic acids is 3. The predicted molar refractivity (Wildman–Crippen MR) is 110 cm³/mol. The van der Waals surface area contributed by atoms with E-state index in [4.69, 9.17) is 0 Å². The Kier molecular flexibility index (Phi) is 5.56. The number of hydrogen-bond donors (Lipinski definition) is 2. The Morgan fingerprint density at radius 3 is 2.69 bits per heavy atom. The smallest absolute Gasteiger partial charge is 0.256 e. The van der Waals surface area contributed by atoms with Gasteiger partial charge in [-0.05, 0) is 18.9 Å². The maximum absolute atomic E-state index is 13.3. The molecule has 2 N–H and O–H groups in total. The summed E-state index contributed by atoms with van der Waals surface area (Å²) in [4.78, 5) is 45.1. The molecule has 2 aromatic rings. The van der Waals surface area contributed by atoms with Crippen molar-refractivity contribution in [1.29, 1.82) is 0 Å². The highest BCUT2D eigenvalue weighted by atomic mass is 16.2. The van der Waals surface area contributed by atoms with E-state index in [-0.39, 0.29) is 29.7 Å². The molecule has 2 aliphatic rings. The highest BCUT2D eigenvalue weighted by Crippen LogP contribution is 2.29. The van der Waals surface area contributed by atoms with Crippen molar-refractivity contribution in [1.82, 2.24) is 20.1 Å². The lowest BCUT2D eigenvalue weighted by atomic mass is 9.82. The number of rotatable bonds is 1. The van der Waals surface area contributed by atoms with Gasteiger partial charge in [0, 0.05) is 56.2 Å². The monoisotopic (exact) mass is 396 g/mol. The molecule has 1 saturated carbocycles. The molecule has 0 spiro atoms. The second kappa shape index (κ2) is 8.27. The Bertz CT molecular complexity index is 922. The number of hydrogen-bond acceptors (Lipinski definition) is 3. The average molecular weight is 396 g/mol. The van der Waals surface area contributed by atoms with Crippen molar-refractivity contribution in [2.75, 3.05) is 26.2 Å². The number of amides is 3. The number of fused-ring (bicyclic) bond motifs is 2. The summed E-state index contributed by atoms with van der Waals surface area (Å²) in [6, 6.07) is 7.63. The van der Waals surface area contributed by atoms with Crippen LogP contribution in [-0.4, -0.2) is 64.7 Å². The molecule has 1 aliphatic carbocycles. The molecule has 2 fully saturated rings. The van der Waals surface area contributed by atoms with E-state index in [1.54, 1.807) is 18.0 Å². The van der Waals surface area contributed by atoms with Crippen LogP contribution < -0.4 is 5.32 Å². The van der Waals surface area contributed by atoms with E-state index < -0.39 is 0 Å². The van der Waals surface area contributed by atoms with Gasteiger partial charge in [-0.15, -0.1) is 0 Å². The Morgan fingerprint density at radius 2 is 1.86 bits per heavy atom. The summed E-state index contributed by atoms with van der Waals surface area (Å²) < 4.78 is 0. The third kappa shape index (κ3) is 3.86. The van der Waals surface area contributed by atoms with Crippen LogP contribution in [0.4, 0.5) is 0 Å². The average Bonchev–Trinajstić information content (AvgIpc) is 3.16. The number of aromatic amines is 1. The van der Waals surface area contributed by atoms with Gasteiger partial charge in [-0.25, -0.2) is 0 Å². The van der Waals surface area contributed by atoms with Crippen LogP contribution in [0.2, 0.25) is 0 Å². The van der Waals surface area contributed by atoms with Crippen molar-refractivity contribution in [2.45, 2.75) is 38.6 Å². The molecule has 2 heterocycles. The van der Waals surface area contributed by atoms with Crippen LogP contribution in [0.3, 0.4) is 0 Å². The molecule has 2 atom stereocenters. The molecule has 7 nitrogen and oxygen atoms in total. The lowest BCUT2D eigenvalue weighted by molar-refractivity contribution is -0.137. The number of nitrogens with zero attached hydrogens (tertiary/aromatic N) is 2. The van der Waals surface area contributed by atoms with Gasteiger partial charge in [0.25, 0.3) is 5.91 Å². The van der Waals surface area contributed by atoms with E-state index >= 15 is 0 Å². The van der Waals surface area contributed by atoms with Gasteiger partial charge >= 0.3 is 0 Å². The zero-order valence-corrected chi connectivity index (χ0v) is 16.8. The second-order valence-electron chi connectivity index (χ2n) is 8.00. The van der Waals surface area contributed by atoms with Crippen LogP contribution in [-0.2, 0) is 9.59 Å². The molecular weight excluding hydrogens is 368 g/mol. The molecule has 3 amide bonds. The van der Waals surface area contributed by atoms with E-state index in [0.29, 0.717) is 31.7 Å². The van der Waals surface area contributed by atoms with E-state index in [1.807, 2.05) is 29.2 Å². The molecule has 154 valence electrons. The molecule has 7 heteroatoms. The fraction of sp³-hybridized carbons (Fsp3) is 0.500. The Morgan fingerprint density at radius 1 is 1.07 bits per heavy atom. The molecule has 0 radical (unpaired) electrons. The minimum Gasteiger partial charge on any atom is -0.360 e. The first-order chi connectivity index (χ1) is 14.1. The lowest BCUT2D eigenvalue weighted by Crippen LogP contribution is -2.55. The van der Waals surface area contributed by atoms with Crippen molar-refractivity contribution in [3.05, 3.63) is 36.0 Å². The quantitative estimate of drug-likeness (QED) is 0.775. The van der Waals surface area contributed by atoms with Gasteiger partial charge in [0.15, 0.2) is 0 Å². The lowest BCUT2D eigenvalue weighted by Gasteiger charge is -2.40. The molecule has 1 aromatic carbocycles. The minimum atomic E-state index is -0.150. The van der Waals surface area contributed by atoms with Gasteiger partial charge < -0.3 is 20.1 Å². The summed E-state index contributed by atoms with van der Waals surface area (Å²) in [6.45, 7) is 3.32. The summed E-state index contributed by atoms with van der Waals surface area (Å²) >= 11 is 0. The number of aromatic nitrogens is 1. The van der Waals surface area contributed by atoms with Gasteiger partial charge in [-0.1, -0.05) is 31.0 Å². The highest BCUT2D eigenvalue weighted by molar-refractivity contribution is 6.06. The first-order valence-corrected chi connectivity index (χ1v) is 10.5. The van der Waals surface area contributed by atoms with Crippen LogP contribution in [0.5, 0.6) is 0 Å². The number of carbonyl (C=O) groups is 3. The zero-order chi connectivity index (χ0) is 20.4. The fourth-order valence-electron chi connectivity index (χ4n) is 4.75. The summed E-state index contributed by atoms with van der Waals surface area (Å²) in [6.07, 6.45) is 5.44. The normalized spacial score (nSPS) is 23.4. The maximum Gasteiger partial charge on any atom is 0.256 e. The van der Waals surface area contributed by atoms with E-state index in [1.165, 1.54) is 0 Å². The van der Waals surface area contributed by atoms with Gasteiger partial charge in [0.2, 0.25) is 11.8 Å². The molecule has 2 unspecified atom stereocenters. The SMILES string of the molecule is CC(=O)N1CCN(C(=O)c2c[nH]c3ccccc23)CCNC(=O)C2CCCCC21. The van der Waals surface area contributed by atoms with Crippen LogP contribution in [0.1, 0.15) is 43.0 Å². The molecular formula is C22H28N4O3. The number of nitrogens with one attached hydrogen (secondary N) is 2. The van der Waals surface area contributed by atoms with Crippen molar-refractivity contribution < 1.29 is 14.4 Å². The first kappa shape index (κ1) is 19.5. The summed E-state index contributed by atoms with van der Waals surface area (Å²) in [5.41, 5.74) is 1.54. The van der Waals surface area contributed by atoms with Crippen LogP contribution in [0, 0.1) is 5.92 Å². The van der Waals surface area contributed by atoms with E-state index in [2.05, 4.69) is 10.3 Å². The third-order valence-corrected chi connectivity index (χ3v) is 6.27. The van der Waals surface area contributed by atoms with Gasteiger partial charge in [0.05, 0.1) is 11.5 Å². The van der Waals surface area contributed by atoms with Crippen molar-refractivity contribution >= 4 is 28.6 Å². The minimum absolute atomic E-state index is 0.00217. The Balaban J connectivity index is 1.58. The van der Waals surface area contributed by atoms with E-state index in [9.17, 15) is 14.4 Å². The van der Waals surface area contributed by atoms with E-state index in [0.717, 1.165) is 36.6 Å². The first-order valence-electron chi connectivity index (χ1n) is 10.5. The number of para-hydroxylation sites is 1. The van der Waals surface area contributed by atoms with Crippen LogP contribution in [0.25, 0.3) is 10.9 Å². The molecule has 0 bridgehead atoms. The standard InChI is InChI=1S/C22H28N4O3/c1-15(27)26-13-12-25(11-10-23-21(28)17-7-3-5-9-20(17)26)22(29)18-14-24-19-8-4-2-6-16(18)19/h2,4,6,8,14,17,20,24H,3,5,7,9-13H2,1H3,(H,23,28). The molecule has 1 aliphatic heterocycles. The van der Waals surface area contributed by atoms with Crippen LogP contribution in [0.15, 0.2) is 30.5 Å². The largest absolute Gasteiger partial charge is 0.360 e. The van der Waals surface area contributed by atoms with Crippen molar-refractivity contribution in [3.8, 4) is 0 Å². The zero-order valence-electron chi connectivity index (χ0n) is 16.8. The predicted octanol–water partition coefficient (Wildman–Crippen LogP) is 2.15. The number of H-pyrrole nitrogens is 1. The number of benzene rings is 1. The Hall–Kier alpha value is -2.83. The van der Waals surface area contributed by atoms with Gasteiger partial charge in [-0.3, -0.25) is 14.4 Å². The summed E-state index contributed by atoms with van der Waals surface area (Å²) in [5, 5.41) is 3.88. The van der Waals surface area contributed by atoms with Crippen LogP contribution >= 0.6 is 0 Å². The molecule has 29 heavy (non-hydrogen) atoms.